The molecular formula is C14H15BrO2. The summed E-state index contributed by atoms with van der Waals surface area (Å²) < 4.78 is 1.11. The van der Waals surface area contributed by atoms with Gasteiger partial charge in [0, 0.05) is 10.5 Å². The van der Waals surface area contributed by atoms with Gasteiger partial charge in [0.1, 0.15) is 0 Å². The van der Waals surface area contributed by atoms with E-state index in [0.717, 1.165) is 35.7 Å². The monoisotopic (exact) mass is 294 g/mol. The molecule has 1 saturated carbocycles. The van der Waals surface area contributed by atoms with Gasteiger partial charge in [0.2, 0.25) is 0 Å². The highest BCUT2D eigenvalue weighted by atomic mass is 79.9. The fraction of sp³-hybridized carbons (Fsp3) is 0.357. The zero-order valence-electron chi connectivity index (χ0n) is 9.53. The Kier molecular flexibility index (Phi) is 4.00. The maximum absolute atomic E-state index is 10.7. The lowest BCUT2D eigenvalue weighted by Crippen LogP contribution is -2.04. The molecule has 1 aromatic carbocycles. The number of rotatable bonds is 3. The molecule has 1 aromatic rings. The molecule has 0 amide bonds. The second-order valence-corrected chi connectivity index (χ2v) is 5.30. The highest BCUT2D eigenvalue weighted by Gasteiger charge is 2.22. The Labute approximate surface area is 109 Å². The van der Waals surface area contributed by atoms with Crippen LogP contribution >= 0.6 is 15.9 Å². The van der Waals surface area contributed by atoms with Crippen molar-refractivity contribution in [3.63, 3.8) is 0 Å². The van der Waals surface area contributed by atoms with Crippen molar-refractivity contribution >= 4 is 21.9 Å². The van der Waals surface area contributed by atoms with Crippen molar-refractivity contribution < 1.29 is 9.90 Å². The van der Waals surface area contributed by atoms with Gasteiger partial charge in [-0.2, -0.15) is 0 Å². The molecule has 1 aliphatic carbocycles. The van der Waals surface area contributed by atoms with Gasteiger partial charge in [0.05, 0.1) is 0 Å². The summed E-state index contributed by atoms with van der Waals surface area (Å²) in [5, 5.41) is 8.83. The van der Waals surface area contributed by atoms with Gasteiger partial charge in [-0.1, -0.05) is 39.7 Å². The van der Waals surface area contributed by atoms with Crippen molar-refractivity contribution in [1.82, 2.24) is 0 Å². The van der Waals surface area contributed by atoms with Crippen LogP contribution in [0.1, 0.15) is 24.8 Å². The third kappa shape index (κ3) is 3.19. The minimum absolute atomic E-state index is 0.393. The predicted molar refractivity (Wildman–Crippen MR) is 70.9 cm³/mol. The van der Waals surface area contributed by atoms with E-state index in [1.54, 1.807) is 0 Å². The predicted octanol–water partition coefficient (Wildman–Crippen LogP) is 3.80. The molecule has 0 aromatic heterocycles. The van der Waals surface area contributed by atoms with Crippen LogP contribution in [0.25, 0.3) is 0 Å². The summed E-state index contributed by atoms with van der Waals surface area (Å²) in [5.41, 5.74) is 2.35. The van der Waals surface area contributed by atoms with Crippen LogP contribution in [0.4, 0.5) is 0 Å². The molecule has 1 atom stereocenters. The van der Waals surface area contributed by atoms with E-state index in [2.05, 4.69) is 22.0 Å². The van der Waals surface area contributed by atoms with Crippen molar-refractivity contribution in [2.45, 2.75) is 25.7 Å². The van der Waals surface area contributed by atoms with Crippen LogP contribution in [0.15, 0.2) is 40.4 Å². The zero-order valence-corrected chi connectivity index (χ0v) is 11.1. The summed E-state index contributed by atoms with van der Waals surface area (Å²) in [6.07, 6.45) is 5.46. The normalized spacial score (nSPS) is 21.9. The number of hydrogen-bond acceptors (Lipinski definition) is 1. The van der Waals surface area contributed by atoms with Gasteiger partial charge in [0.15, 0.2) is 0 Å². The van der Waals surface area contributed by atoms with Gasteiger partial charge in [-0.25, -0.2) is 4.79 Å². The maximum Gasteiger partial charge on any atom is 0.328 e. The van der Waals surface area contributed by atoms with E-state index in [1.165, 1.54) is 11.6 Å². The van der Waals surface area contributed by atoms with Gasteiger partial charge < -0.3 is 5.11 Å². The Morgan fingerprint density at radius 2 is 2.24 bits per heavy atom. The smallest absolute Gasteiger partial charge is 0.328 e. The summed E-state index contributed by atoms with van der Waals surface area (Å²) in [5.74, 6) is -0.427. The van der Waals surface area contributed by atoms with E-state index in [9.17, 15) is 4.79 Å². The average Bonchev–Trinajstić information content (AvgIpc) is 2.68. The quantitative estimate of drug-likeness (QED) is 0.861. The Balaban J connectivity index is 2.13. The van der Waals surface area contributed by atoms with E-state index < -0.39 is 5.97 Å². The van der Waals surface area contributed by atoms with Crippen LogP contribution in [0, 0.1) is 5.92 Å². The first-order valence-corrected chi connectivity index (χ1v) is 6.63. The lowest BCUT2D eigenvalue weighted by Gasteiger charge is -2.12. The number of allylic oxidation sites excluding steroid dienone is 1. The Morgan fingerprint density at radius 3 is 2.94 bits per heavy atom. The average molecular weight is 295 g/mol. The Bertz CT molecular complexity index is 451. The van der Waals surface area contributed by atoms with Crippen LogP contribution in [-0.2, 0) is 11.2 Å². The van der Waals surface area contributed by atoms with Crippen molar-refractivity contribution in [2.75, 3.05) is 0 Å². The van der Waals surface area contributed by atoms with Crippen molar-refractivity contribution in [3.8, 4) is 0 Å². The molecule has 0 aliphatic heterocycles. The highest BCUT2D eigenvalue weighted by Crippen LogP contribution is 2.34. The molecule has 0 saturated heterocycles. The molecule has 0 bridgehead atoms. The molecule has 2 nitrogen and oxygen atoms in total. The highest BCUT2D eigenvalue weighted by molar-refractivity contribution is 9.10. The number of carboxylic acids is 1. The van der Waals surface area contributed by atoms with Crippen LogP contribution in [0.5, 0.6) is 0 Å². The van der Waals surface area contributed by atoms with Crippen LogP contribution in [-0.4, -0.2) is 11.1 Å². The molecule has 3 heteroatoms. The molecule has 17 heavy (non-hydrogen) atoms. The standard InChI is InChI=1S/C14H15BrO2/c15-13-7-2-1-4-12(13)8-10-5-3-6-11(10)9-14(16)17/h1-2,4,7,9-10H,3,5-6,8H2,(H,16,17)/b11-9+. The number of carbonyl (C=O) groups is 1. The molecule has 0 radical (unpaired) electrons. The van der Waals surface area contributed by atoms with Gasteiger partial charge in [0.25, 0.3) is 0 Å². The minimum Gasteiger partial charge on any atom is -0.478 e. The Hall–Kier alpha value is -1.09. The number of halogens is 1. The third-order valence-electron chi connectivity index (χ3n) is 3.28. The molecule has 1 unspecified atom stereocenters. The summed E-state index contributed by atoms with van der Waals surface area (Å²) in [6, 6.07) is 8.15. The molecule has 2 rings (SSSR count). The fourth-order valence-corrected chi connectivity index (χ4v) is 2.90. The van der Waals surface area contributed by atoms with Crippen LogP contribution in [0.2, 0.25) is 0 Å². The van der Waals surface area contributed by atoms with Crippen molar-refractivity contribution in [2.24, 2.45) is 5.92 Å². The van der Waals surface area contributed by atoms with Gasteiger partial charge in [-0.05, 0) is 43.2 Å². The largest absolute Gasteiger partial charge is 0.478 e. The second kappa shape index (κ2) is 5.50. The number of benzene rings is 1. The van der Waals surface area contributed by atoms with Crippen molar-refractivity contribution in [1.29, 1.82) is 0 Å². The minimum atomic E-state index is -0.820. The number of hydrogen-bond donors (Lipinski definition) is 1. The van der Waals surface area contributed by atoms with E-state index >= 15 is 0 Å². The molecule has 0 heterocycles. The third-order valence-corrected chi connectivity index (χ3v) is 4.05. The maximum atomic E-state index is 10.7. The molecule has 90 valence electrons. The zero-order chi connectivity index (χ0) is 12.3. The van der Waals surface area contributed by atoms with E-state index in [-0.39, 0.29) is 0 Å². The first kappa shape index (κ1) is 12.4. The molecular weight excluding hydrogens is 280 g/mol. The molecule has 1 aliphatic rings. The SMILES string of the molecule is O=C(O)/C=C1\CCCC1Cc1ccccc1Br. The van der Waals surface area contributed by atoms with Gasteiger partial charge >= 0.3 is 5.97 Å². The second-order valence-electron chi connectivity index (χ2n) is 4.44. The Morgan fingerprint density at radius 1 is 1.47 bits per heavy atom. The van der Waals surface area contributed by atoms with E-state index in [4.69, 9.17) is 5.11 Å². The summed E-state index contributed by atoms with van der Waals surface area (Å²) in [6.45, 7) is 0. The fourth-order valence-electron chi connectivity index (χ4n) is 2.45. The lowest BCUT2D eigenvalue weighted by atomic mass is 9.94. The summed E-state index contributed by atoms with van der Waals surface area (Å²) in [4.78, 5) is 10.7. The summed E-state index contributed by atoms with van der Waals surface area (Å²) >= 11 is 3.54. The molecule has 0 spiro atoms. The topological polar surface area (TPSA) is 37.3 Å². The lowest BCUT2D eigenvalue weighted by molar-refractivity contribution is -0.131. The van der Waals surface area contributed by atoms with Crippen LogP contribution < -0.4 is 0 Å². The number of carboxylic acid groups (broad SMARTS) is 1. The molecule has 1 fully saturated rings. The van der Waals surface area contributed by atoms with Gasteiger partial charge in [-0.3, -0.25) is 0 Å². The number of aliphatic carboxylic acids is 1. The van der Waals surface area contributed by atoms with Crippen LogP contribution in [0.3, 0.4) is 0 Å². The first-order valence-electron chi connectivity index (χ1n) is 5.83. The van der Waals surface area contributed by atoms with E-state index in [1.807, 2.05) is 18.2 Å². The van der Waals surface area contributed by atoms with Gasteiger partial charge in [-0.15, -0.1) is 0 Å². The molecule has 1 N–H and O–H groups in total. The van der Waals surface area contributed by atoms with Crippen molar-refractivity contribution in [3.05, 3.63) is 46.0 Å². The first-order chi connectivity index (χ1) is 8.16. The summed E-state index contributed by atoms with van der Waals surface area (Å²) in [7, 11) is 0. The van der Waals surface area contributed by atoms with E-state index in [0.29, 0.717) is 5.92 Å².